The van der Waals surface area contributed by atoms with E-state index in [1.54, 1.807) is 0 Å². The van der Waals surface area contributed by atoms with E-state index in [0.717, 1.165) is 10.0 Å². The monoisotopic (exact) mass is 327 g/mol. The largest absolute Gasteiger partial charge is 0.460 e. The van der Waals surface area contributed by atoms with Crippen molar-refractivity contribution in [2.75, 3.05) is 0 Å². The van der Waals surface area contributed by atoms with Gasteiger partial charge in [-0.25, -0.2) is 0 Å². The van der Waals surface area contributed by atoms with Crippen molar-refractivity contribution in [3.63, 3.8) is 0 Å². The van der Waals surface area contributed by atoms with Crippen molar-refractivity contribution in [3.8, 4) is 0 Å². The van der Waals surface area contributed by atoms with Crippen LogP contribution in [-0.2, 0) is 9.53 Å². The quantitative estimate of drug-likeness (QED) is 0.858. The number of esters is 1. The first-order valence-electron chi connectivity index (χ1n) is 6.28. The number of carbonyl (C=O) groups excluding carboxylic acids is 1. The van der Waals surface area contributed by atoms with Crippen molar-refractivity contribution in [3.05, 3.63) is 34.3 Å². The maximum absolute atomic E-state index is 12.3. The van der Waals surface area contributed by atoms with E-state index in [-0.39, 0.29) is 5.97 Å². The summed E-state index contributed by atoms with van der Waals surface area (Å²) in [5.41, 5.74) is 5.86. The zero-order valence-corrected chi connectivity index (χ0v) is 13.7. The molecule has 1 aromatic rings. The highest BCUT2D eigenvalue weighted by Gasteiger charge is 2.38. The molecule has 0 aromatic heterocycles. The number of hydrogen-bond acceptors (Lipinski definition) is 3. The van der Waals surface area contributed by atoms with Gasteiger partial charge < -0.3 is 10.5 Å². The fourth-order valence-electron chi connectivity index (χ4n) is 1.62. The predicted octanol–water partition coefficient (Wildman–Crippen LogP) is 3.82. The molecule has 0 heterocycles. The maximum atomic E-state index is 12.3. The molecule has 0 amide bonds. The summed E-state index contributed by atoms with van der Waals surface area (Å²) in [5.74, 6) is -0.282. The molecule has 0 bridgehead atoms. The summed E-state index contributed by atoms with van der Waals surface area (Å²) in [6.45, 7) is 9.19. The van der Waals surface area contributed by atoms with Gasteiger partial charge in [0.25, 0.3) is 0 Å². The lowest BCUT2D eigenvalue weighted by molar-refractivity contribution is -0.167. The molecule has 4 heteroatoms. The van der Waals surface area contributed by atoms with Crippen molar-refractivity contribution in [1.82, 2.24) is 0 Å². The van der Waals surface area contributed by atoms with E-state index >= 15 is 0 Å². The van der Waals surface area contributed by atoms with Crippen LogP contribution in [-0.4, -0.2) is 11.6 Å². The van der Waals surface area contributed by atoms with E-state index in [1.165, 1.54) is 0 Å². The maximum Gasteiger partial charge on any atom is 0.313 e. The number of halogens is 1. The van der Waals surface area contributed by atoms with Gasteiger partial charge in [-0.1, -0.05) is 28.1 Å². The molecule has 0 unspecified atom stereocenters. The predicted molar refractivity (Wildman–Crippen MR) is 80.7 cm³/mol. The zero-order valence-electron chi connectivity index (χ0n) is 12.2. The van der Waals surface area contributed by atoms with Crippen LogP contribution in [0.2, 0.25) is 0 Å². The molecule has 1 atom stereocenters. The number of carbonyl (C=O) groups is 1. The van der Waals surface area contributed by atoms with Crippen LogP contribution >= 0.6 is 15.9 Å². The van der Waals surface area contributed by atoms with Crippen LogP contribution in [0.15, 0.2) is 28.7 Å². The molecule has 106 valence electrons. The Labute approximate surface area is 123 Å². The molecular weight excluding hydrogens is 306 g/mol. The number of nitrogens with two attached hydrogens (primary N) is 1. The second-order valence-corrected chi connectivity index (χ2v) is 7.17. The highest BCUT2D eigenvalue weighted by Crippen LogP contribution is 2.34. The van der Waals surface area contributed by atoms with Gasteiger partial charge in [0.05, 0.1) is 5.41 Å². The molecule has 0 aliphatic rings. The van der Waals surface area contributed by atoms with Crippen LogP contribution in [0.25, 0.3) is 0 Å². The molecule has 0 aliphatic heterocycles. The molecule has 1 aromatic carbocycles. The van der Waals surface area contributed by atoms with Crippen LogP contribution < -0.4 is 5.73 Å². The first kappa shape index (κ1) is 16.2. The molecule has 0 aliphatic carbocycles. The number of ether oxygens (including phenoxy) is 1. The molecule has 0 radical (unpaired) electrons. The summed E-state index contributed by atoms with van der Waals surface area (Å²) in [4.78, 5) is 12.3. The van der Waals surface area contributed by atoms with Gasteiger partial charge in [-0.2, -0.15) is 0 Å². The van der Waals surface area contributed by atoms with Gasteiger partial charge in [0.15, 0.2) is 0 Å². The normalized spacial score (nSPS) is 14.1. The highest BCUT2D eigenvalue weighted by atomic mass is 79.9. The lowest BCUT2D eigenvalue weighted by Crippen LogP contribution is -2.41. The van der Waals surface area contributed by atoms with Crippen LogP contribution in [0.4, 0.5) is 0 Å². The van der Waals surface area contributed by atoms with E-state index < -0.39 is 17.1 Å². The molecule has 0 saturated heterocycles. The topological polar surface area (TPSA) is 52.3 Å². The van der Waals surface area contributed by atoms with Gasteiger partial charge in [-0.3, -0.25) is 4.79 Å². The Morgan fingerprint density at radius 2 is 1.63 bits per heavy atom. The van der Waals surface area contributed by atoms with Crippen molar-refractivity contribution >= 4 is 21.9 Å². The summed E-state index contributed by atoms with van der Waals surface area (Å²) in [5, 5.41) is 0. The fourth-order valence-corrected chi connectivity index (χ4v) is 1.89. The Bertz CT molecular complexity index is 446. The van der Waals surface area contributed by atoms with E-state index in [1.807, 2.05) is 58.9 Å². The van der Waals surface area contributed by atoms with Gasteiger partial charge in [0.2, 0.25) is 0 Å². The SMILES string of the molecule is CC(C)(C)OC(=O)C(C)(C)[C@@H](N)c1ccc(Br)cc1. The molecule has 0 saturated carbocycles. The van der Waals surface area contributed by atoms with Crippen LogP contribution in [0.1, 0.15) is 46.2 Å². The Morgan fingerprint density at radius 1 is 1.16 bits per heavy atom. The smallest absolute Gasteiger partial charge is 0.313 e. The summed E-state index contributed by atoms with van der Waals surface area (Å²) in [7, 11) is 0. The summed E-state index contributed by atoms with van der Waals surface area (Å²) in [6.07, 6.45) is 0. The van der Waals surface area contributed by atoms with Gasteiger partial charge in [0, 0.05) is 10.5 Å². The third-order valence-corrected chi connectivity index (χ3v) is 3.46. The van der Waals surface area contributed by atoms with Crippen LogP contribution in [0.3, 0.4) is 0 Å². The number of hydrogen-bond donors (Lipinski definition) is 1. The summed E-state index contributed by atoms with van der Waals surface area (Å²) >= 11 is 3.38. The van der Waals surface area contributed by atoms with Crippen molar-refractivity contribution in [1.29, 1.82) is 0 Å². The van der Waals surface area contributed by atoms with E-state index in [0.29, 0.717) is 0 Å². The molecule has 1 rings (SSSR count). The first-order valence-corrected chi connectivity index (χ1v) is 7.08. The van der Waals surface area contributed by atoms with Gasteiger partial charge in [0.1, 0.15) is 5.60 Å². The zero-order chi connectivity index (χ0) is 14.8. The highest BCUT2D eigenvalue weighted by molar-refractivity contribution is 9.10. The van der Waals surface area contributed by atoms with E-state index in [4.69, 9.17) is 10.5 Å². The van der Waals surface area contributed by atoms with Crippen LogP contribution in [0.5, 0.6) is 0 Å². The standard InChI is InChI=1S/C15H22BrNO2/c1-14(2,3)19-13(18)15(4,5)12(17)10-6-8-11(16)9-7-10/h6-9,12H,17H2,1-5H3/t12-/m0/s1. The minimum atomic E-state index is -0.777. The average Bonchev–Trinajstić information content (AvgIpc) is 2.26. The molecule has 19 heavy (non-hydrogen) atoms. The van der Waals surface area contributed by atoms with Crippen molar-refractivity contribution in [2.45, 2.75) is 46.3 Å². The first-order chi connectivity index (χ1) is 8.54. The molecular formula is C15H22BrNO2. The van der Waals surface area contributed by atoms with E-state index in [9.17, 15) is 4.79 Å². The average molecular weight is 328 g/mol. The lowest BCUT2D eigenvalue weighted by Gasteiger charge is -2.33. The molecule has 0 fully saturated rings. The lowest BCUT2D eigenvalue weighted by atomic mass is 9.81. The minimum Gasteiger partial charge on any atom is -0.460 e. The molecule has 2 N–H and O–H groups in total. The fraction of sp³-hybridized carbons (Fsp3) is 0.533. The molecule has 0 spiro atoms. The second-order valence-electron chi connectivity index (χ2n) is 6.25. The molecule has 3 nitrogen and oxygen atoms in total. The van der Waals surface area contributed by atoms with Crippen molar-refractivity contribution in [2.24, 2.45) is 11.1 Å². The van der Waals surface area contributed by atoms with Gasteiger partial charge in [-0.15, -0.1) is 0 Å². The number of rotatable bonds is 3. The summed E-state index contributed by atoms with van der Waals surface area (Å²) < 4.78 is 6.43. The minimum absolute atomic E-state index is 0.282. The Morgan fingerprint density at radius 3 is 2.05 bits per heavy atom. The van der Waals surface area contributed by atoms with Gasteiger partial charge in [-0.05, 0) is 52.3 Å². The Hall–Kier alpha value is -0.870. The second kappa shape index (κ2) is 5.63. The Balaban J connectivity index is 2.92. The summed E-state index contributed by atoms with van der Waals surface area (Å²) in [6, 6.07) is 7.26. The third-order valence-electron chi connectivity index (χ3n) is 2.93. The van der Waals surface area contributed by atoms with Gasteiger partial charge >= 0.3 is 5.97 Å². The van der Waals surface area contributed by atoms with Crippen LogP contribution in [0, 0.1) is 5.41 Å². The Kier molecular flexibility index (Phi) is 4.80. The van der Waals surface area contributed by atoms with E-state index in [2.05, 4.69) is 15.9 Å². The van der Waals surface area contributed by atoms with Crippen molar-refractivity contribution < 1.29 is 9.53 Å². The number of benzene rings is 1. The third kappa shape index (κ3) is 4.32.